The number of rotatable bonds is 3. The number of aromatic carboxylic acids is 1. The zero-order valence-corrected chi connectivity index (χ0v) is 9.86. The van der Waals surface area contributed by atoms with Crippen LogP contribution < -0.4 is 5.73 Å². The maximum atomic E-state index is 13.9. The van der Waals surface area contributed by atoms with Crippen molar-refractivity contribution < 1.29 is 18.7 Å². The average molecular weight is 263 g/mol. The van der Waals surface area contributed by atoms with Crippen molar-refractivity contribution in [2.75, 3.05) is 0 Å². The molecule has 0 fully saturated rings. The van der Waals surface area contributed by atoms with Crippen molar-refractivity contribution in [3.8, 4) is 11.1 Å². The van der Waals surface area contributed by atoms with Crippen LogP contribution in [0, 0.1) is 11.6 Å². The fraction of sp³-hybridized carbons (Fsp3) is 0.0714. The number of carboxylic acids is 1. The first-order valence-electron chi connectivity index (χ1n) is 5.55. The highest BCUT2D eigenvalue weighted by atomic mass is 19.1. The van der Waals surface area contributed by atoms with Crippen molar-refractivity contribution >= 4 is 5.97 Å². The summed E-state index contributed by atoms with van der Waals surface area (Å²) in [4.78, 5) is 11.1. The van der Waals surface area contributed by atoms with Gasteiger partial charge in [-0.2, -0.15) is 0 Å². The van der Waals surface area contributed by atoms with Gasteiger partial charge in [0.1, 0.15) is 17.2 Å². The van der Waals surface area contributed by atoms with Crippen LogP contribution in [-0.2, 0) is 6.54 Å². The highest BCUT2D eigenvalue weighted by Gasteiger charge is 2.21. The van der Waals surface area contributed by atoms with E-state index in [1.807, 2.05) is 0 Å². The van der Waals surface area contributed by atoms with Gasteiger partial charge in [-0.15, -0.1) is 0 Å². The maximum absolute atomic E-state index is 13.9. The fourth-order valence-electron chi connectivity index (χ4n) is 1.90. The van der Waals surface area contributed by atoms with Crippen LogP contribution in [0.3, 0.4) is 0 Å². The second-order valence-electron chi connectivity index (χ2n) is 3.99. The molecule has 2 aromatic carbocycles. The van der Waals surface area contributed by atoms with E-state index in [1.165, 1.54) is 6.07 Å². The molecule has 0 aliphatic carbocycles. The lowest BCUT2D eigenvalue weighted by Crippen LogP contribution is -2.06. The molecule has 0 heterocycles. The van der Waals surface area contributed by atoms with Gasteiger partial charge in [0.25, 0.3) is 0 Å². The summed E-state index contributed by atoms with van der Waals surface area (Å²) >= 11 is 0. The standard InChI is InChI=1S/C14H11F2NO2/c15-10-4-5-11(16)13(14(18)19)12(10)9-3-1-2-8(6-9)7-17/h1-6H,7,17H2,(H,18,19). The van der Waals surface area contributed by atoms with Gasteiger partial charge in [-0.05, 0) is 29.3 Å². The Balaban J connectivity index is 2.73. The van der Waals surface area contributed by atoms with Crippen LogP contribution in [0.5, 0.6) is 0 Å². The molecule has 3 nitrogen and oxygen atoms in total. The van der Waals surface area contributed by atoms with Gasteiger partial charge in [0.05, 0.1) is 0 Å². The van der Waals surface area contributed by atoms with Crippen LogP contribution in [0.25, 0.3) is 11.1 Å². The van der Waals surface area contributed by atoms with E-state index in [-0.39, 0.29) is 17.7 Å². The van der Waals surface area contributed by atoms with Crippen LogP contribution in [-0.4, -0.2) is 11.1 Å². The highest BCUT2D eigenvalue weighted by Crippen LogP contribution is 2.29. The van der Waals surface area contributed by atoms with E-state index in [0.29, 0.717) is 5.56 Å². The van der Waals surface area contributed by atoms with E-state index in [2.05, 4.69) is 0 Å². The van der Waals surface area contributed by atoms with E-state index in [9.17, 15) is 13.6 Å². The Kier molecular flexibility index (Phi) is 3.57. The largest absolute Gasteiger partial charge is 0.478 e. The predicted molar refractivity (Wildman–Crippen MR) is 66.6 cm³/mol. The summed E-state index contributed by atoms with van der Waals surface area (Å²) in [7, 11) is 0. The second kappa shape index (κ2) is 5.16. The van der Waals surface area contributed by atoms with Crippen LogP contribution in [0.2, 0.25) is 0 Å². The molecule has 0 saturated carbocycles. The number of hydrogen-bond acceptors (Lipinski definition) is 2. The van der Waals surface area contributed by atoms with Gasteiger partial charge in [-0.25, -0.2) is 13.6 Å². The summed E-state index contributed by atoms with van der Waals surface area (Å²) in [6.45, 7) is 0.229. The molecule has 98 valence electrons. The molecule has 0 aliphatic heterocycles. The van der Waals surface area contributed by atoms with Gasteiger partial charge in [0.15, 0.2) is 0 Å². The first-order chi connectivity index (χ1) is 9.04. The van der Waals surface area contributed by atoms with Crippen molar-refractivity contribution in [3.05, 3.63) is 59.2 Å². The minimum Gasteiger partial charge on any atom is -0.478 e. The molecule has 0 saturated heterocycles. The van der Waals surface area contributed by atoms with Crippen LogP contribution >= 0.6 is 0 Å². The molecule has 0 atom stereocenters. The smallest absolute Gasteiger partial charge is 0.339 e. The summed E-state index contributed by atoms with van der Waals surface area (Å²) in [6, 6.07) is 8.11. The number of halogens is 2. The van der Waals surface area contributed by atoms with Crippen molar-refractivity contribution in [1.82, 2.24) is 0 Å². The zero-order chi connectivity index (χ0) is 14.0. The Hall–Kier alpha value is -2.27. The Morgan fingerprint density at radius 1 is 1.16 bits per heavy atom. The van der Waals surface area contributed by atoms with Crippen molar-refractivity contribution in [3.63, 3.8) is 0 Å². The van der Waals surface area contributed by atoms with Crippen molar-refractivity contribution in [2.45, 2.75) is 6.54 Å². The van der Waals surface area contributed by atoms with Gasteiger partial charge < -0.3 is 10.8 Å². The first kappa shape index (κ1) is 13.2. The molecule has 5 heteroatoms. The summed E-state index contributed by atoms with van der Waals surface area (Å²) in [5.74, 6) is -3.26. The Labute approximate surface area is 108 Å². The van der Waals surface area contributed by atoms with Gasteiger partial charge >= 0.3 is 5.97 Å². The Morgan fingerprint density at radius 3 is 2.47 bits per heavy atom. The van der Waals surface area contributed by atoms with Crippen molar-refractivity contribution in [1.29, 1.82) is 0 Å². The first-order valence-corrected chi connectivity index (χ1v) is 5.55. The molecule has 19 heavy (non-hydrogen) atoms. The normalized spacial score (nSPS) is 10.5. The number of hydrogen-bond donors (Lipinski definition) is 2. The third-order valence-corrected chi connectivity index (χ3v) is 2.77. The third-order valence-electron chi connectivity index (χ3n) is 2.77. The summed E-state index contributed by atoms with van der Waals surface area (Å²) in [6.07, 6.45) is 0. The Bertz CT molecular complexity index is 641. The number of carbonyl (C=O) groups is 1. The van der Waals surface area contributed by atoms with Crippen molar-refractivity contribution in [2.24, 2.45) is 5.73 Å². The molecule has 0 radical (unpaired) electrons. The molecule has 3 N–H and O–H groups in total. The zero-order valence-electron chi connectivity index (χ0n) is 9.86. The average Bonchev–Trinajstić information content (AvgIpc) is 2.40. The highest BCUT2D eigenvalue weighted by molar-refractivity contribution is 5.96. The minimum absolute atomic E-state index is 0.229. The Morgan fingerprint density at radius 2 is 1.84 bits per heavy atom. The molecular weight excluding hydrogens is 252 g/mol. The summed E-state index contributed by atoms with van der Waals surface area (Å²) in [5.41, 5.74) is 5.54. The van der Waals surface area contributed by atoms with E-state index in [4.69, 9.17) is 10.8 Å². The van der Waals surface area contributed by atoms with E-state index in [0.717, 1.165) is 12.1 Å². The predicted octanol–water partition coefficient (Wildman–Crippen LogP) is 2.79. The summed E-state index contributed by atoms with van der Waals surface area (Å²) in [5, 5.41) is 9.03. The third kappa shape index (κ3) is 2.46. The lowest BCUT2D eigenvalue weighted by Gasteiger charge is -2.10. The van der Waals surface area contributed by atoms with Gasteiger partial charge in [-0.1, -0.05) is 18.2 Å². The number of benzene rings is 2. The number of carboxylic acid groups (broad SMARTS) is 1. The van der Waals surface area contributed by atoms with Crippen LogP contribution in [0.4, 0.5) is 8.78 Å². The van der Waals surface area contributed by atoms with Gasteiger partial charge in [0, 0.05) is 12.1 Å². The molecule has 0 spiro atoms. The molecule has 0 unspecified atom stereocenters. The molecule has 2 rings (SSSR count). The molecular formula is C14H11F2NO2. The molecule has 0 aromatic heterocycles. The lowest BCUT2D eigenvalue weighted by atomic mass is 9.97. The molecule has 0 bridgehead atoms. The monoisotopic (exact) mass is 263 g/mol. The SMILES string of the molecule is NCc1cccc(-c2c(F)ccc(F)c2C(=O)O)c1. The van der Waals surface area contributed by atoms with Crippen LogP contribution in [0.15, 0.2) is 36.4 Å². The molecule has 0 aliphatic rings. The second-order valence-corrected chi connectivity index (χ2v) is 3.99. The van der Waals surface area contributed by atoms with E-state index >= 15 is 0 Å². The maximum Gasteiger partial charge on any atom is 0.339 e. The fourth-order valence-corrected chi connectivity index (χ4v) is 1.90. The quantitative estimate of drug-likeness (QED) is 0.895. The van der Waals surface area contributed by atoms with Gasteiger partial charge in [0.2, 0.25) is 0 Å². The van der Waals surface area contributed by atoms with E-state index in [1.54, 1.807) is 18.2 Å². The van der Waals surface area contributed by atoms with Gasteiger partial charge in [-0.3, -0.25) is 0 Å². The van der Waals surface area contributed by atoms with Crippen LogP contribution in [0.1, 0.15) is 15.9 Å². The minimum atomic E-state index is -1.51. The number of nitrogens with two attached hydrogens (primary N) is 1. The molecule has 2 aromatic rings. The molecule has 0 amide bonds. The topological polar surface area (TPSA) is 63.3 Å². The van der Waals surface area contributed by atoms with E-state index < -0.39 is 23.2 Å². The lowest BCUT2D eigenvalue weighted by molar-refractivity contribution is 0.0692. The summed E-state index contributed by atoms with van der Waals surface area (Å²) < 4.78 is 27.4.